The van der Waals surface area contributed by atoms with Crippen LogP contribution in [0.5, 0.6) is 0 Å². The number of carbonyl (C=O) groups excluding carboxylic acids is 1. The molecule has 0 spiro atoms. The molecule has 1 amide bonds. The number of aliphatic carboxylic acids is 1. The lowest BCUT2D eigenvalue weighted by molar-refractivity contribution is -0.140. The summed E-state index contributed by atoms with van der Waals surface area (Å²) in [6.07, 6.45) is 0. The van der Waals surface area contributed by atoms with Gasteiger partial charge in [0.05, 0.1) is 16.6 Å². The fourth-order valence-electron chi connectivity index (χ4n) is 1.61. The van der Waals surface area contributed by atoms with Gasteiger partial charge in [-0.25, -0.2) is 4.79 Å². The summed E-state index contributed by atoms with van der Waals surface area (Å²) < 4.78 is 12.2. The molecule has 0 saturated carbocycles. The number of carboxylic acids is 1. The molecular weight excluding hydrogens is 266 g/mol. The van der Waals surface area contributed by atoms with E-state index in [1.807, 2.05) is 26.0 Å². The highest BCUT2D eigenvalue weighted by Crippen LogP contribution is 2.16. The molecule has 0 saturated heterocycles. The standard InChI is InChI=1S/C13H17NO4S/c1-8-4-5-9(2)12(6-8)19(18)7-11(13(16)17)14-10(3)15/h4-6,11H,7H2,1-3H3,(H,14,15)(H,16,17). The molecule has 2 N–H and O–H groups in total. The number of amides is 1. The van der Waals surface area contributed by atoms with Gasteiger partial charge in [-0.3, -0.25) is 9.00 Å². The van der Waals surface area contributed by atoms with Gasteiger partial charge in [0.15, 0.2) is 0 Å². The summed E-state index contributed by atoms with van der Waals surface area (Å²) in [4.78, 5) is 22.5. The maximum atomic E-state index is 12.2. The SMILES string of the molecule is CC(=O)NC(CS(=O)c1cc(C)ccc1C)C(=O)O. The van der Waals surface area contributed by atoms with Crippen LogP contribution in [0.25, 0.3) is 0 Å². The second kappa shape index (κ2) is 6.47. The Morgan fingerprint density at radius 2 is 2.00 bits per heavy atom. The van der Waals surface area contributed by atoms with E-state index >= 15 is 0 Å². The molecule has 0 radical (unpaired) electrons. The Hall–Kier alpha value is -1.69. The van der Waals surface area contributed by atoms with Gasteiger partial charge < -0.3 is 10.4 Å². The highest BCUT2D eigenvalue weighted by atomic mass is 32.2. The average Bonchev–Trinajstić information content (AvgIpc) is 2.30. The largest absolute Gasteiger partial charge is 0.480 e. The third kappa shape index (κ3) is 4.48. The normalized spacial score (nSPS) is 13.6. The van der Waals surface area contributed by atoms with E-state index in [4.69, 9.17) is 5.11 Å². The Labute approximate surface area is 114 Å². The molecule has 0 bridgehead atoms. The van der Waals surface area contributed by atoms with E-state index in [2.05, 4.69) is 5.32 Å². The van der Waals surface area contributed by atoms with Crippen molar-refractivity contribution in [2.45, 2.75) is 31.7 Å². The van der Waals surface area contributed by atoms with Gasteiger partial charge >= 0.3 is 5.97 Å². The minimum atomic E-state index is -1.47. The van der Waals surface area contributed by atoms with E-state index in [0.717, 1.165) is 11.1 Å². The fraction of sp³-hybridized carbons (Fsp3) is 0.385. The molecule has 19 heavy (non-hydrogen) atoms. The molecule has 6 heteroatoms. The first-order valence-corrected chi connectivity index (χ1v) is 7.08. The molecule has 1 aromatic carbocycles. The summed E-state index contributed by atoms with van der Waals surface area (Å²) in [5.41, 5.74) is 1.80. The number of carboxylic acid groups (broad SMARTS) is 1. The molecule has 0 fully saturated rings. The number of hydrogen-bond donors (Lipinski definition) is 2. The van der Waals surface area contributed by atoms with Crippen LogP contribution in [-0.2, 0) is 20.4 Å². The number of benzene rings is 1. The zero-order valence-corrected chi connectivity index (χ0v) is 11.9. The van der Waals surface area contributed by atoms with Gasteiger partial charge in [-0.1, -0.05) is 12.1 Å². The van der Waals surface area contributed by atoms with Gasteiger partial charge in [0.1, 0.15) is 6.04 Å². The number of carbonyl (C=O) groups is 2. The molecule has 2 unspecified atom stereocenters. The zero-order chi connectivity index (χ0) is 14.6. The minimum absolute atomic E-state index is 0.140. The lowest BCUT2D eigenvalue weighted by atomic mass is 10.2. The van der Waals surface area contributed by atoms with E-state index in [-0.39, 0.29) is 5.75 Å². The Balaban J connectivity index is 2.90. The van der Waals surface area contributed by atoms with Gasteiger partial charge in [0.25, 0.3) is 0 Å². The van der Waals surface area contributed by atoms with E-state index in [9.17, 15) is 13.8 Å². The van der Waals surface area contributed by atoms with Gasteiger partial charge in [-0.2, -0.15) is 0 Å². The van der Waals surface area contributed by atoms with Crippen LogP contribution in [0.2, 0.25) is 0 Å². The zero-order valence-electron chi connectivity index (χ0n) is 11.1. The van der Waals surface area contributed by atoms with Crippen molar-refractivity contribution in [3.63, 3.8) is 0 Å². The maximum Gasteiger partial charge on any atom is 0.327 e. The van der Waals surface area contributed by atoms with Gasteiger partial charge in [-0.15, -0.1) is 0 Å². The first-order chi connectivity index (χ1) is 8.81. The molecule has 0 aliphatic heterocycles. The third-order valence-electron chi connectivity index (χ3n) is 2.58. The fourth-order valence-corrected chi connectivity index (χ4v) is 3.07. The van der Waals surface area contributed by atoms with Crippen molar-refractivity contribution in [1.82, 2.24) is 5.32 Å². The molecule has 5 nitrogen and oxygen atoms in total. The van der Waals surface area contributed by atoms with Crippen LogP contribution >= 0.6 is 0 Å². The summed E-state index contributed by atoms with van der Waals surface area (Å²) in [5, 5.41) is 11.3. The molecular formula is C13H17NO4S. The lowest BCUT2D eigenvalue weighted by Crippen LogP contribution is -2.43. The van der Waals surface area contributed by atoms with Gasteiger partial charge in [-0.05, 0) is 31.0 Å². The predicted molar refractivity (Wildman–Crippen MR) is 72.4 cm³/mol. The van der Waals surface area contributed by atoms with Crippen LogP contribution in [0.15, 0.2) is 23.1 Å². The summed E-state index contributed by atoms with van der Waals surface area (Å²) in [6, 6.07) is 4.38. The van der Waals surface area contributed by atoms with Crippen LogP contribution in [0.3, 0.4) is 0 Å². The highest BCUT2D eigenvalue weighted by molar-refractivity contribution is 7.85. The van der Waals surface area contributed by atoms with Crippen molar-refractivity contribution < 1.29 is 18.9 Å². The summed E-state index contributed by atoms with van der Waals surface area (Å²) in [7, 11) is -1.47. The van der Waals surface area contributed by atoms with E-state index < -0.39 is 28.7 Å². The van der Waals surface area contributed by atoms with Gasteiger partial charge in [0, 0.05) is 11.8 Å². The van der Waals surface area contributed by atoms with Crippen molar-refractivity contribution >= 4 is 22.7 Å². The van der Waals surface area contributed by atoms with E-state index in [1.165, 1.54) is 6.92 Å². The first kappa shape index (κ1) is 15.4. The van der Waals surface area contributed by atoms with E-state index in [0.29, 0.717) is 4.90 Å². The van der Waals surface area contributed by atoms with Crippen molar-refractivity contribution in [3.8, 4) is 0 Å². The highest BCUT2D eigenvalue weighted by Gasteiger charge is 2.22. The number of hydrogen-bond acceptors (Lipinski definition) is 3. The summed E-state index contributed by atoms with van der Waals surface area (Å²) >= 11 is 0. The molecule has 0 aliphatic rings. The minimum Gasteiger partial charge on any atom is -0.480 e. The molecule has 2 atom stereocenters. The Morgan fingerprint density at radius 1 is 1.37 bits per heavy atom. The predicted octanol–water partition coefficient (Wildman–Crippen LogP) is 1.00. The Bertz CT molecular complexity index is 527. The first-order valence-electron chi connectivity index (χ1n) is 5.76. The summed E-state index contributed by atoms with van der Waals surface area (Å²) in [6.45, 7) is 4.93. The Kier molecular flexibility index (Phi) is 5.23. The number of rotatable bonds is 5. The number of aryl methyl sites for hydroxylation is 2. The monoisotopic (exact) mass is 283 g/mol. The van der Waals surface area contributed by atoms with Crippen molar-refractivity contribution in [3.05, 3.63) is 29.3 Å². The van der Waals surface area contributed by atoms with Crippen molar-refractivity contribution in [2.75, 3.05) is 5.75 Å². The Morgan fingerprint density at radius 3 is 2.53 bits per heavy atom. The molecule has 0 aromatic heterocycles. The van der Waals surface area contributed by atoms with Crippen molar-refractivity contribution in [1.29, 1.82) is 0 Å². The smallest absolute Gasteiger partial charge is 0.327 e. The molecule has 0 heterocycles. The molecule has 0 aliphatic carbocycles. The van der Waals surface area contributed by atoms with Crippen LogP contribution in [0.1, 0.15) is 18.1 Å². The maximum absolute atomic E-state index is 12.2. The quantitative estimate of drug-likeness (QED) is 0.844. The second-order valence-electron chi connectivity index (χ2n) is 4.37. The average molecular weight is 283 g/mol. The van der Waals surface area contributed by atoms with Crippen LogP contribution in [0.4, 0.5) is 0 Å². The molecule has 104 valence electrons. The summed E-state index contributed by atoms with van der Waals surface area (Å²) in [5.74, 6) is -1.78. The molecule has 1 rings (SSSR count). The van der Waals surface area contributed by atoms with Gasteiger partial charge in [0.2, 0.25) is 5.91 Å². The topological polar surface area (TPSA) is 83.5 Å². The second-order valence-corrected chi connectivity index (χ2v) is 5.84. The third-order valence-corrected chi connectivity index (χ3v) is 4.15. The van der Waals surface area contributed by atoms with E-state index in [1.54, 1.807) is 6.07 Å². The van der Waals surface area contributed by atoms with Crippen LogP contribution in [0, 0.1) is 13.8 Å². The van der Waals surface area contributed by atoms with Crippen molar-refractivity contribution in [2.24, 2.45) is 0 Å². The van der Waals surface area contributed by atoms with Crippen LogP contribution < -0.4 is 5.32 Å². The lowest BCUT2D eigenvalue weighted by Gasteiger charge is -2.14. The molecule has 1 aromatic rings. The van der Waals surface area contributed by atoms with Crippen LogP contribution in [-0.4, -0.2) is 33.0 Å². The number of nitrogens with one attached hydrogen (secondary N) is 1.